The van der Waals surface area contributed by atoms with Crippen molar-refractivity contribution in [2.75, 3.05) is 42.6 Å². The zero-order valence-electron chi connectivity index (χ0n) is 17.8. The summed E-state index contributed by atoms with van der Waals surface area (Å²) in [6.45, 7) is 3.93. The molecule has 1 fully saturated rings. The molecule has 0 spiro atoms. The van der Waals surface area contributed by atoms with Crippen LogP contribution < -0.4 is 15.4 Å². The Morgan fingerprint density at radius 3 is 2.84 bits per heavy atom. The van der Waals surface area contributed by atoms with Crippen molar-refractivity contribution in [1.82, 2.24) is 14.5 Å². The van der Waals surface area contributed by atoms with Crippen molar-refractivity contribution in [3.8, 4) is 11.3 Å². The van der Waals surface area contributed by atoms with E-state index >= 15 is 0 Å². The summed E-state index contributed by atoms with van der Waals surface area (Å²) in [5.74, 6) is 0.687. The second-order valence-electron chi connectivity index (χ2n) is 8.19. The van der Waals surface area contributed by atoms with Crippen LogP contribution in [-0.4, -0.2) is 53.4 Å². The molecule has 0 bridgehead atoms. The quantitative estimate of drug-likeness (QED) is 0.650. The number of nitrogens with zero attached hydrogens (tertiary/aromatic N) is 5. The average Bonchev–Trinajstić information content (AvgIpc) is 2.82. The number of anilines is 2. The van der Waals surface area contributed by atoms with Gasteiger partial charge < -0.3 is 14.5 Å². The lowest BCUT2D eigenvalue weighted by molar-refractivity contribution is 0.0442. The lowest BCUT2D eigenvalue weighted by atomic mass is 10.0. The Balaban J connectivity index is 1.38. The Hall–Kier alpha value is -3.19. The number of aromatic nitrogens is 3. The summed E-state index contributed by atoms with van der Waals surface area (Å²) in [7, 11) is 1.78. The first-order valence-corrected chi connectivity index (χ1v) is 10.9. The third-order valence-electron chi connectivity index (χ3n) is 6.14. The van der Waals surface area contributed by atoms with Gasteiger partial charge in [-0.1, -0.05) is 18.2 Å². The van der Waals surface area contributed by atoms with Crippen LogP contribution in [0.15, 0.2) is 59.7 Å². The molecule has 1 unspecified atom stereocenters. The van der Waals surface area contributed by atoms with Gasteiger partial charge in [-0.05, 0) is 36.6 Å². The van der Waals surface area contributed by atoms with E-state index in [4.69, 9.17) is 9.72 Å². The summed E-state index contributed by atoms with van der Waals surface area (Å²) >= 11 is 0. The predicted molar refractivity (Wildman–Crippen MR) is 122 cm³/mol. The van der Waals surface area contributed by atoms with E-state index in [2.05, 4.69) is 39.0 Å². The topological polar surface area (TPSA) is 63.5 Å². The van der Waals surface area contributed by atoms with E-state index in [1.54, 1.807) is 30.1 Å². The third kappa shape index (κ3) is 4.05. The number of para-hydroxylation sites is 1. The number of rotatable bonds is 4. The third-order valence-corrected chi connectivity index (χ3v) is 6.14. The van der Waals surface area contributed by atoms with E-state index < -0.39 is 0 Å². The zero-order chi connectivity index (χ0) is 21.2. The number of aryl methyl sites for hydroxylation is 1. The van der Waals surface area contributed by atoms with Crippen molar-refractivity contribution in [3.05, 3.63) is 70.8 Å². The summed E-state index contributed by atoms with van der Waals surface area (Å²) < 4.78 is 7.75. The van der Waals surface area contributed by atoms with E-state index in [1.807, 2.05) is 12.1 Å². The molecule has 1 saturated heterocycles. The van der Waals surface area contributed by atoms with Gasteiger partial charge in [0.1, 0.15) is 0 Å². The highest BCUT2D eigenvalue weighted by Gasteiger charge is 2.27. The molecular weight excluding hydrogens is 390 g/mol. The molecule has 1 aromatic carbocycles. The van der Waals surface area contributed by atoms with E-state index in [0.29, 0.717) is 31.3 Å². The number of pyridine rings is 1. The Labute approximate surface area is 181 Å². The van der Waals surface area contributed by atoms with E-state index in [1.165, 1.54) is 11.3 Å². The van der Waals surface area contributed by atoms with Crippen LogP contribution >= 0.6 is 0 Å². The molecule has 0 N–H and O–H groups in total. The second-order valence-corrected chi connectivity index (χ2v) is 8.19. The molecule has 31 heavy (non-hydrogen) atoms. The first kappa shape index (κ1) is 19.8. The van der Waals surface area contributed by atoms with Crippen LogP contribution in [0, 0.1) is 0 Å². The standard InChI is InChI=1S/C24H27N5O2/c1-27-23(30)15-21(18-8-10-25-11-9-18)26-24(27)29-13-14-31-20(17-29)16-28-12-4-6-19-5-2-3-7-22(19)28/h2-3,5,7-11,15,20H,4,6,12-14,16-17H2,1H3. The van der Waals surface area contributed by atoms with Gasteiger partial charge in [-0.15, -0.1) is 0 Å². The number of hydrogen-bond acceptors (Lipinski definition) is 6. The summed E-state index contributed by atoms with van der Waals surface area (Å²) in [4.78, 5) is 26.2. The first-order valence-electron chi connectivity index (χ1n) is 10.9. The van der Waals surface area contributed by atoms with Crippen LogP contribution in [-0.2, 0) is 18.2 Å². The Bertz CT molecular complexity index is 1110. The van der Waals surface area contributed by atoms with Gasteiger partial charge in [0.05, 0.1) is 18.4 Å². The normalized spacial score (nSPS) is 18.7. The fraction of sp³-hybridized carbons (Fsp3) is 0.375. The van der Waals surface area contributed by atoms with Crippen molar-refractivity contribution in [1.29, 1.82) is 0 Å². The van der Waals surface area contributed by atoms with Gasteiger partial charge in [0.25, 0.3) is 5.56 Å². The molecule has 1 atom stereocenters. The number of morpholine rings is 1. The monoisotopic (exact) mass is 417 g/mol. The summed E-state index contributed by atoms with van der Waals surface area (Å²) in [5.41, 5.74) is 4.23. The lowest BCUT2D eigenvalue weighted by Crippen LogP contribution is -2.50. The SMILES string of the molecule is Cn1c(N2CCOC(CN3CCCc4ccccc43)C2)nc(-c2ccncc2)cc1=O. The Morgan fingerprint density at radius 2 is 1.97 bits per heavy atom. The molecule has 5 rings (SSSR count). The minimum Gasteiger partial charge on any atom is -0.373 e. The van der Waals surface area contributed by atoms with Gasteiger partial charge in [-0.3, -0.25) is 14.3 Å². The molecular formula is C24H27N5O2. The highest BCUT2D eigenvalue weighted by molar-refractivity contribution is 5.59. The maximum atomic E-state index is 12.7. The highest BCUT2D eigenvalue weighted by Crippen LogP contribution is 2.28. The van der Waals surface area contributed by atoms with E-state index in [0.717, 1.165) is 31.5 Å². The van der Waals surface area contributed by atoms with Crippen molar-refractivity contribution in [3.63, 3.8) is 0 Å². The van der Waals surface area contributed by atoms with E-state index in [-0.39, 0.29) is 11.7 Å². The van der Waals surface area contributed by atoms with Gasteiger partial charge in [0, 0.05) is 62.9 Å². The molecule has 7 nitrogen and oxygen atoms in total. The average molecular weight is 418 g/mol. The molecule has 7 heteroatoms. The van der Waals surface area contributed by atoms with Gasteiger partial charge in [0.2, 0.25) is 5.95 Å². The molecule has 0 amide bonds. The maximum absolute atomic E-state index is 12.7. The van der Waals surface area contributed by atoms with E-state index in [9.17, 15) is 4.79 Å². The summed E-state index contributed by atoms with van der Waals surface area (Å²) in [5, 5.41) is 0. The van der Waals surface area contributed by atoms with Crippen molar-refractivity contribution >= 4 is 11.6 Å². The number of fused-ring (bicyclic) bond motifs is 1. The van der Waals surface area contributed by atoms with Crippen LogP contribution in [0.4, 0.5) is 11.6 Å². The summed E-state index contributed by atoms with van der Waals surface area (Å²) in [6, 6.07) is 14.0. The molecule has 2 aromatic heterocycles. The smallest absolute Gasteiger partial charge is 0.255 e. The first-order chi connectivity index (χ1) is 15.2. The number of ether oxygens (including phenoxy) is 1. The molecule has 2 aliphatic rings. The molecule has 0 aliphatic carbocycles. The van der Waals surface area contributed by atoms with Gasteiger partial charge in [-0.25, -0.2) is 4.98 Å². The second kappa shape index (κ2) is 8.51. The minimum absolute atomic E-state index is 0.0568. The maximum Gasteiger partial charge on any atom is 0.255 e. The van der Waals surface area contributed by atoms with Crippen molar-refractivity contribution in [2.45, 2.75) is 18.9 Å². The molecule has 0 saturated carbocycles. The molecule has 0 radical (unpaired) electrons. The predicted octanol–water partition coefficient (Wildman–Crippen LogP) is 2.50. The van der Waals surface area contributed by atoms with Gasteiger partial charge in [-0.2, -0.15) is 0 Å². The van der Waals surface area contributed by atoms with Crippen LogP contribution in [0.25, 0.3) is 11.3 Å². The van der Waals surface area contributed by atoms with Gasteiger partial charge >= 0.3 is 0 Å². The fourth-order valence-electron chi connectivity index (χ4n) is 4.54. The zero-order valence-corrected chi connectivity index (χ0v) is 17.8. The Morgan fingerprint density at radius 1 is 1.13 bits per heavy atom. The number of benzene rings is 1. The van der Waals surface area contributed by atoms with Crippen LogP contribution in [0.2, 0.25) is 0 Å². The minimum atomic E-state index is -0.0650. The fourth-order valence-corrected chi connectivity index (χ4v) is 4.54. The summed E-state index contributed by atoms with van der Waals surface area (Å²) in [6.07, 6.45) is 5.79. The lowest BCUT2D eigenvalue weighted by Gasteiger charge is -2.39. The van der Waals surface area contributed by atoms with Crippen LogP contribution in [0.5, 0.6) is 0 Å². The van der Waals surface area contributed by atoms with Crippen molar-refractivity contribution < 1.29 is 4.74 Å². The Kier molecular flexibility index (Phi) is 5.42. The van der Waals surface area contributed by atoms with Crippen LogP contribution in [0.1, 0.15) is 12.0 Å². The molecule has 4 heterocycles. The van der Waals surface area contributed by atoms with Crippen LogP contribution in [0.3, 0.4) is 0 Å². The molecule has 3 aromatic rings. The van der Waals surface area contributed by atoms with Gasteiger partial charge in [0.15, 0.2) is 0 Å². The molecule has 2 aliphatic heterocycles. The highest BCUT2D eigenvalue weighted by atomic mass is 16.5. The number of hydrogen-bond donors (Lipinski definition) is 0. The largest absolute Gasteiger partial charge is 0.373 e. The van der Waals surface area contributed by atoms with Crippen molar-refractivity contribution in [2.24, 2.45) is 7.05 Å². The molecule has 160 valence electrons.